The van der Waals surface area contributed by atoms with Gasteiger partial charge in [0.2, 0.25) is 11.8 Å². The van der Waals surface area contributed by atoms with Crippen LogP contribution in [-0.2, 0) is 22.4 Å². The first-order valence-electron chi connectivity index (χ1n) is 11.4. The van der Waals surface area contributed by atoms with Crippen molar-refractivity contribution >= 4 is 23.2 Å². The fourth-order valence-corrected chi connectivity index (χ4v) is 5.22. The minimum absolute atomic E-state index is 0.0105. The Balaban J connectivity index is 1.41. The Labute approximate surface area is 199 Å². The van der Waals surface area contributed by atoms with Crippen molar-refractivity contribution in [2.24, 2.45) is 5.92 Å². The number of carbonyl (C=O) groups is 2. The van der Waals surface area contributed by atoms with E-state index in [0.717, 1.165) is 34.6 Å². The lowest BCUT2D eigenvalue weighted by Crippen LogP contribution is -2.47. The van der Waals surface area contributed by atoms with Crippen molar-refractivity contribution in [1.29, 1.82) is 0 Å². The summed E-state index contributed by atoms with van der Waals surface area (Å²) in [7, 11) is 1.66. The molecule has 5 nitrogen and oxygen atoms in total. The zero-order chi connectivity index (χ0) is 23.0. The molecule has 2 heterocycles. The van der Waals surface area contributed by atoms with Gasteiger partial charge in [-0.1, -0.05) is 54.6 Å². The molecule has 0 bridgehead atoms. The third-order valence-corrected chi connectivity index (χ3v) is 7.13. The number of methoxy groups -OCH3 is 1. The normalized spacial score (nSPS) is 18.0. The van der Waals surface area contributed by atoms with Crippen LogP contribution in [0, 0.1) is 5.92 Å². The Morgan fingerprint density at radius 3 is 2.58 bits per heavy atom. The predicted octanol–water partition coefficient (Wildman–Crippen LogP) is 4.64. The number of benzene rings is 2. The topological polar surface area (TPSA) is 58.6 Å². The van der Waals surface area contributed by atoms with Crippen LogP contribution in [-0.4, -0.2) is 36.9 Å². The number of hydrogen-bond acceptors (Lipinski definition) is 4. The van der Waals surface area contributed by atoms with Crippen LogP contribution in [0.4, 0.5) is 0 Å². The molecule has 1 N–H and O–H groups in total. The molecule has 1 aliphatic rings. The predicted molar refractivity (Wildman–Crippen MR) is 131 cm³/mol. The number of ether oxygens (including phenoxy) is 1. The van der Waals surface area contributed by atoms with Crippen LogP contribution in [0.15, 0.2) is 72.1 Å². The standard InChI is InChI=1S/C27H30N2O3S/c1-32-25-12-6-5-10-21(25)15-16-28-27(31)22-13-14-24(20-8-3-2-4-9-20)29(19-22)26(30)18-23-11-7-17-33-23/h2-12,17,22,24H,13-16,18-19H2,1H3,(H,28,31). The highest BCUT2D eigenvalue weighted by molar-refractivity contribution is 7.10. The average molecular weight is 463 g/mol. The molecule has 172 valence electrons. The van der Waals surface area contributed by atoms with Crippen LogP contribution < -0.4 is 10.1 Å². The molecule has 2 atom stereocenters. The third-order valence-electron chi connectivity index (χ3n) is 6.25. The number of rotatable bonds is 8. The highest BCUT2D eigenvalue weighted by Crippen LogP contribution is 2.34. The summed E-state index contributed by atoms with van der Waals surface area (Å²) < 4.78 is 5.40. The number of thiophene rings is 1. The second-order valence-electron chi connectivity index (χ2n) is 8.36. The largest absolute Gasteiger partial charge is 0.496 e. The Kier molecular flexibility index (Phi) is 7.79. The van der Waals surface area contributed by atoms with Crippen LogP contribution in [0.5, 0.6) is 5.75 Å². The van der Waals surface area contributed by atoms with E-state index in [2.05, 4.69) is 17.4 Å². The van der Waals surface area contributed by atoms with Crippen molar-refractivity contribution in [3.63, 3.8) is 0 Å². The molecular weight excluding hydrogens is 432 g/mol. The van der Waals surface area contributed by atoms with Gasteiger partial charge in [-0.15, -0.1) is 11.3 Å². The fraction of sp³-hybridized carbons (Fsp3) is 0.333. The smallest absolute Gasteiger partial charge is 0.228 e. The number of hydrogen-bond donors (Lipinski definition) is 1. The van der Waals surface area contributed by atoms with Gasteiger partial charge in [0.25, 0.3) is 0 Å². The van der Waals surface area contributed by atoms with E-state index in [0.29, 0.717) is 25.9 Å². The zero-order valence-corrected chi connectivity index (χ0v) is 19.7. The van der Waals surface area contributed by atoms with Gasteiger partial charge in [-0.05, 0) is 47.9 Å². The summed E-state index contributed by atoms with van der Waals surface area (Å²) in [6, 6.07) is 22.0. The maximum absolute atomic E-state index is 13.3. The second-order valence-corrected chi connectivity index (χ2v) is 9.39. The molecular formula is C27H30N2O3S. The lowest BCUT2D eigenvalue weighted by Gasteiger charge is -2.39. The first-order chi connectivity index (χ1) is 16.2. The third kappa shape index (κ3) is 5.82. The molecule has 3 aromatic rings. The number of nitrogens with one attached hydrogen (secondary N) is 1. The monoisotopic (exact) mass is 462 g/mol. The van der Waals surface area contributed by atoms with Gasteiger partial charge < -0.3 is 15.0 Å². The Morgan fingerprint density at radius 1 is 1.03 bits per heavy atom. The molecule has 0 aliphatic carbocycles. The number of para-hydroxylation sites is 1. The van der Waals surface area contributed by atoms with Gasteiger partial charge in [0.15, 0.2) is 0 Å². The van der Waals surface area contributed by atoms with Gasteiger partial charge in [-0.3, -0.25) is 9.59 Å². The van der Waals surface area contributed by atoms with E-state index in [1.807, 2.05) is 64.9 Å². The van der Waals surface area contributed by atoms with Crippen LogP contribution in [0.2, 0.25) is 0 Å². The lowest BCUT2D eigenvalue weighted by atomic mass is 9.88. The number of likely N-dealkylation sites (tertiary alicyclic amines) is 1. The van der Waals surface area contributed by atoms with E-state index < -0.39 is 0 Å². The molecule has 6 heteroatoms. The van der Waals surface area contributed by atoms with E-state index in [4.69, 9.17) is 4.74 Å². The molecule has 1 aromatic heterocycles. The average Bonchev–Trinajstić information content (AvgIpc) is 3.37. The fourth-order valence-electron chi connectivity index (χ4n) is 4.52. The van der Waals surface area contributed by atoms with E-state index >= 15 is 0 Å². The van der Waals surface area contributed by atoms with Gasteiger partial charge in [0.1, 0.15) is 5.75 Å². The molecule has 1 saturated heterocycles. The number of piperidine rings is 1. The second kappa shape index (κ2) is 11.1. The van der Waals surface area contributed by atoms with Gasteiger partial charge in [-0.25, -0.2) is 0 Å². The maximum Gasteiger partial charge on any atom is 0.228 e. The Hall–Kier alpha value is -3.12. The zero-order valence-electron chi connectivity index (χ0n) is 18.9. The van der Waals surface area contributed by atoms with Crippen molar-refractivity contribution in [2.75, 3.05) is 20.2 Å². The van der Waals surface area contributed by atoms with Crippen molar-refractivity contribution in [3.8, 4) is 5.75 Å². The van der Waals surface area contributed by atoms with Gasteiger partial charge in [0.05, 0.1) is 25.5 Å². The summed E-state index contributed by atoms with van der Waals surface area (Å²) >= 11 is 1.59. The van der Waals surface area contributed by atoms with E-state index in [-0.39, 0.29) is 23.8 Å². The van der Waals surface area contributed by atoms with Crippen molar-refractivity contribution in [3.05, 3.63) is 88.1 Å². The first kappa shape index (κ1) is 23.1. The molecule has 0 saturated carbocycles. The maximum atomic E-state index is 13.3. The van der Waals surface area contributed by atoms with E-state index in [1.54, 1.807) is 18.4 Å². The van der Waals surface area contributed by atoms with Crippen LogP contribution in [0.1, 0.15) is 34.9 Å². The van der Waals surface area contributed by atoms with Crippen molar-refractivity contribution in [1.82, 2.24) is 10.2 Å². The summed E-state index contributed by atoms with van der Waals surface area (Å²) in [5, 5.41) is 5.07. The Bertz CT molecular complexity index is 1050. The van der Waals surface area contributed by atoms with E-state index in [1.165, 1.54) is 0 Å². The minimum Gasteiger partial charge on any atom is -0.496 e. The quantitative estimate of drug-likeness (QED) is 0.531. The lowest BCUT2D eigenvalue weighted by molar-refractivity contribution is -0.138. The summed E-state index contributed by atoms with van der Waals surface area (Å²) in [4.78, 5) is 29.2. The number of amides is 2. The molecule has 4 rings (SSSR count). The van der Waals surface area contributed by atoms with Crippen molar-refractivity contribution < 1.29 is 14.3 Å². The summed E-state index contributed by atoms with van der Waals surface area (Å²) in [5.41, 5.74) is 2.20. The van der Waals surface area contributed by atoms with Gasteiger partial charge in [-0.2, -0.15) is 0 Å². The van der Waals surface area contributed by atoms with E-state index in [9.17, 15) is 9.59 Å². The minimum atomic E-state index is -0.199. The summed E-state index contributed by atoms with van der Waals surface area (Å²) in [5.74, 6) is 0.735. The Morgan fingerprint density at radius 2 is 1.82 bits per heavy atom. The molecule has 2 unspecified atom stereocenters. The van der Waals surface area contributed by atoms with Gasteiger partial charge in [0, 0.05) is 18.0 Å². The molecule has 0 radical (unpaired) electrons. The molecule has 0 spiro atoms. The molecule has 2 amide bonds. The molecule has 1 aliphatic heterocycles. The van der Waals surface area contributed by atoms with Gasteiger partial charge >= 0.3 is 0 Å². The van der Waals surface area contributed by atoms with Crippen LogP contribution in [0.25, 0.3) is 0 Å². The van der Waals surface area contributed by atoms with Crippen LogP contribution in [0.3, 0.4) is 0 Å². The molecule has 2 aromatic carbocycles. The highest BCUT2D eigenvalue weighted by Gasteiger charge is 2.35. The first-order valence-corrected chi connectivity index (χ1v) is 12.3. The highest BCUT2D eigenvalue weighted by atomic mass is 32.1. The number of nitrogens with zero attached hydrogens (tertiary/aromatic N) is 1. The molecule has 33 heavy (non-hydrogen) atoms. The number of carbonyl (C=O) groups excluding carboxylic acids is 2. The van der Waals surface area contributed by atoms with Crippen molar-refractivity contribution in [2.45, 2.75) is 31.7 Å². The molecule has 1 fully saturated rings. The summed E-state index contributed by atoms with van der Waals surface area (Å²) in [6.45, 7) is 0.991. The SMILES string of the molecule is COc1ccccc1CCNC(=O)C1CCC(c2ccccc2)N(C(=O)Cc2cccs2)C1. The van der Waals surface area contributed by atoms with Crippen LogP contribution >= 0.6 is 11.3 Å². The summed E-state index contributed by atoms with van der Waals surface area (Å²) in [6.07, 6.45) is 2.63.